The van der Waals surface area contributed by atoms with Crippen LogP contribution in [0.25, 0.3) is 11.1 Å². The van der Waals surface area contributed by atoms with Crippen LogP contribution in [0.3, 0.4) is 0 Å². The van der Waals surface area contributed by atoms with Gasteiger partial charge in [0, 0.05) is 11.5 Å². The summed E-state index contributed by atoms with van der Waals surface area (Å²) in [4.78, 5) is 4.65. The summed E-state index contributed by atoms with van der Waals surface area (Å²) in [6.45, 7) is 4.04. The molecule has 0 aliphatic heterocycles. The van der Waals surface area contributed by atoms with E-state index in [1.165, 1.54) is 0 Å². The van der Waals surface area contributed by atoms with Gasteiger partial charge in [0.05, 0.1) is 24.7 Å². The van der Waals surface area contributed by atoms with Crippen molar-refractivity contribution in [3.05, 3.63) is 23.6 Å². The topological polar surface area (TPSA) is 79.3 Å². The Balaban J connectivity index is 2.19. The predicted octanol–water partition coefficient (Wildman–Crippen LogP) is 3.66. The largest absolute Gasteiger partial charge is 0.493 e. The lowest BCUT2D eigenvalue weighted by Gasteiger charge is -2.33. The minimum absolute atomic E-state index is 0.158. The number of ether oxygens (including phenoxy) is 1. The highest BCUT2D eigenvalue weighted by molar-refractivity contribution is 5.84. The summed E-state index contributed by atoms with van der Waals surface area (Å²) in [5.41, 5.74) is 1.59. The van der Waals surface area contributed by atoms with Crippen molar-refractivity contribution in [2.24, 2.45) is 0 Å². The van der Waals surface area contributed by atoms with Gasteiger partial charge < -0.3 is 14.3 Å². The molecule has 0 amide bonds. The molecule has 1 saturated carbocycles. The second-order valence-corrected chi connectivity index (χ2v) is 6.63. The summed E-state index contributed by atoms with van der Waals surface area (Å²) in [5, 5.41) is 19.7. The number of nitriles is 1. The minimum atomic E-state index is -0.616. The summed E-state index contributed by atoms with van der Waals surface area (Å²) < 4.78 is 11.3. The van der Waals surface area contributed by atoms with E-state index in [0.29, 0.717) is 48.4 Å². The van der Waals surface area contributed by atoms with Crippen molar-refractivity contribution in [1.82, 2.24) is 4.98 Å². The van der Waals surface area contributed by atoms with E-state index in [0.717, 1.165) is 5.56 Å². The number of oxazole rings is 1. The van der Waals surface area contributed by atoms with Crippen LogP contribution in [0.2, 0.25) is 0 Å². The Labute approximate surface area is 135 Å². The Morgan fingerprint density at radius 3 is 2.65 bits per heavy atom. The zero-order valence-electron chi connectivity index (χ0n) is 13.8. The van der Waals surface area contributed by atoms with Gasteiger partial charge in [0.25, 0.3) is 0 Å². The maximum absolute atomic E-state index is 9.86. The normalized spacial score (nSPS) is 24.8. The monoisotopic (exact) mass is 314 g/mol. The van der Waals surface area contributed by atoms with E-state index in [9.17, 15) is 10.4 Å². The first-order chi connectivity index (χ1) is 11.0. The van der Waals surface area contributed by atoms with Crippen LogP contribution in [0, 0.1) is 11.3 Å². The molecule has 5 nitrogen and oxygen atoms in total. The molecule has 0 atom stereocenters. The van der Waals surface area contributed by atoms with Crippen molar-refractivity contribution in [2.45, 2.75) is 57.0 Å². The molecule has 0 saturated heterocycles. The number of aliphatic hydroxyl groups excluding tert-OH is 1. The summed E-state index contributed by atoms with van der Waals surface area (Å²) >= 11 is 0. The van der Waals surface area contributed by atoms with E-state index in [2.05, 4.69) is 11.1 Å². The summed E-state index contributed by atoms with van der Waals surface area (Å²) in [6.07, 6.45) is 2.23. The molecule has 0 spiro atoms. The van der Waals surface area contributed by atoms with Crippen LogP contribution in [-0.2, 0) is 5.41 Å². The highest BCUT2D eigenvalue weighted by Gasteiger charge is 2.39. The lowest BCUT2D eigenvalue weighted by Crippen LogP contribution is -2.32. The van der Waals surface area contributed by atoms with Gasteiger partial charge in [0.2, 0.25) is 0 Å². The zero-order valence-corrected chi connectivity index (χ0v) is 13.8. The first-order valence-electron chi connectivity index (χ1n) is 8.08. The van der Waals surface area contributed by atoms with E-state index < -0.39 is 5.41 Å². The summed E-state index contributed by atoms with van der Waals surface area (Å²) in [7, 11) is 1.60. The molecule has 1 aromatic carbocycles. The second-order valence-electron chi connectivity index (χ2n) is 6.63. The number of rotatable bonds is 3. The maximum Gasteiger partial charge on any atom is 0.198 e. The summed E-state index contributed by atoms with van der Waals surface area (Å²) in [5.74, 6) is 1.44. The van der Waals surface area contributed by atoms with Gasteiger partial charge >= 0.3 is 0 Å². The number of fused-ring (bicyclic) bond motifs is 1. The molecule has 1 fully saturated rings. The van der Waals surface area contributed by atoms with Gasteiger partial charge in [-0.3, -0.25) is 0 Å². The Morgan fingerprint density at radius 2 is 2.09 bits per heavy atom. The van der Waals surface area contributed by atoms with Gasteiger partial charge in [0.15, 0.2) is 17.2 Å². The third-order valence-electron chi connectivity index (χ3n) is 4.78. The van der Waals surface area contributed by atoms with E-state index in [1.807, 2.05) is 26.0 Å². The summed E-state index contributed by atoms with van der Waals surface area (Å²) in [6, 6.07) is 6.26. The van der Waals surface area contributed by atoms with Crippen molar-refractivity contribution in [2.75, 3.05) is 7.11 Å². The van der Waals surface area contributed by atoms with E-state index >= 15 is 0 Å². The fourth-order valence-electron chi connectivity index (χ4n) is 3.33. The molecule has 1 aliphatic carbocycles. The van der Waals surface area contributed by atoms with Crippen LogP contribution in [-0.4, -0.2) is 23.3 Å². The predicted molar refractivity (Wildman–Crippen MR) is 86.4 cm³/mol. The standard InChI is InChI=1S/C18H22N2O3/c1-11(2)17-20-15-13(4-5-14(22-3)16(15)23-17)18(10-19)8-6-12(21)7-9-18/h4-5,11-12,21H,6-9H2,1-3H3/t12-,18+. The molecule has 1 N–H and O–H groups in total. The van der Waals surface area contributed by atoms with Crippen LogP contribution in [0.4, 0.5) is 0 Å². The smallest absolute Gasteiger partial charge is 0.198 e. The van der Waals surface area contributed by atoms with Gasteiger partial charge in [-0.15, -0.1) is 0 Å². The van der Waals surface area contributed by atoms with E-state index in [-0.39, 0.29) is 12.0 Å². The number of nitrogens with zero attached hydrogens (tertiary/aromatic N) is 2. The van der Waals surface area contributed by atoms with Gasteiger partial charge in [-0.2, -0.15) is 5.26 Å². The quantitative estimate of drug-likeness (QED) is 0.935. The fourth-order valence-corrected chi connectivity index (χ4v) is 3.33. The third kappa shape index (κ3) is 2.57. The molecule has 1 heterocycles. The average molecular weight is 314 g/mol. The number of aliphatic hydroxyl groups is 1. The minimum Gasteiger partial charge on any atom is -0.493 e. The van der Waals surface area contributed by atoms with Crippen molar-refractivity contribution in [1.29, 1.82) is 5.26 Å². The molecule has 3 rings (SSSR count). The maximum atomic E-state index is 9.86. The Morgan fingerprint density at radius 1 is 1.39 bits per heavy atom. The molecule has 23 heavy (non-hydrogen) atoms. The van der Waals surface area contributed by atoms with Crippen LogP contribution in [0.15, 0.2) is 16.5 Å². The molecule has 0 unspecified atom stereocenters. The Bertz CT molecular complexity index is 749. The van der Waals surface area contributed by atoms with Crippen LogP contribution >= 0.6 is 0 Å². The highest BCUT2D eigenvalue weighted by atomic mass is 16.5. The SMILES string of the molecule is COc1ccc([C@]2(C#N)CC[C@H](O)CC2)c2nc(C(C)C)oc12. The third-order valence-corrected chi connectivity index (χ3v) is 4.78. The molecule has 5 heteroatoms. The molecular formula is C18H22N2O3. The second kappa shape index (κ2) is 5.86. The molecule has 1 aliphatic rings. The Kier molecular flexibility index (Phi) is 4.03. The number of hydrogen-bond acceptors (Lipinski definition) is 5. The molecule has 0 bridgehead atoms. The van der Waals surface area contributed by atoms with Crippen LogP contribution in [0.1, 0.15) is 56.9 Å². The highest BCUT2D eigenvalue weighted by Crippen LogP contribution is 2.44. The lowest BCUT2D eigenvalue weighted by molar-refractivity contribution is 0.110. The van der Waals surface area contributed by atoms with Gasteiger partial charge in [0.1, 0.15) is 5.52 Å². The van der Waals surface area contributed by atoms with E-state index in [1.54, 1.807) is 7.11 Å². The average Bonchev–Trinajstić information content (AvgIpc) is 3.01. The van der Waals surface area contributed by atoms with Crippen LogP contribution in [0.5, 0.6) is 5.75 Å². The van der Waals surface area contributed by atoms with Gasteiger partial charge in [-0.25, -0.2) is 4.98 Å². The van der Waals surface area contributed by atoms with Crippen molar-refractivity contribution < 1.29 is 14.3 Å². The molecule has 0 radical (unpaired) electrons. The van der Waals surface area contributed by atoms with Crippen molar-refractivity contribution in [3.8, 4) is 11.8 Å². The van der Waals surface area contributed by atoms with Gasteiger partial charge in [-0.05, 0) is 31.7 Å². The molecule has 122 valence electrons. The first kappa shape index (κ1) is 15.8. The number of benzene rings is 1. The molecule has 2 aromatic rings. The molecular weight excluding hydrogens is 292 g/mol. The lowest BCUT2D eigenvalue weighted by atomic mass is 9.69. The number of methoxy groups -OCH3 is 1. The number of aromatic nitrogens is 1. The first-order valence-corrected chi connectivity index (χ1v) is 8.08. The van der Waals surface area contributed by atoms with Crippen molar-refractivity contribution >= 4 is 11.1 Å². The zero-order chi connectivity index (χ0) is 16.6. The van der Waals surface area contributed by atoms with E-state index in [4.69, 9.17) is 9.15 Å². The van der Waals surface area contributed by atoms with Crippen LogP contribution < -0.4 is 4.74 Å². The molecule has 1 aromatic heterocycles. The van der Waals surface area contributed by atoms with Crippen molar-refractivity contribution in [3.63, 3.8) is 0 Å². The Hall–Kier alpha value is -2.06. The fraction of sp³-hybridized carbons (Fsp3) is 0.556. The van der Waals surface area contributed by atoms with Gasteiger partial charge in [-0.1, -0.05) is 19.9 Å². The number of hydrogen-bond donors (Lipinski definition) is 1.